The fraction of sp³-hybridized carbons (Fsp3) is 0.400. The van der Waals surface area contributed by atoms with Gasteiger partial charge >= 0.3 is 12.4 Å². The number of hydrogen-bond acceptors (Lipinski definition) is 5. The lowest BCUT2D eigenvalue weighted by atomic mass is 9.81. The second-order valence-electron chi connectivity index (χ2n) is 8.68. The molecule has 10 heteroatoms. The zero-order valence-corrected chi connectivity index (χ0v) is 19.1. The van der Waals surface area contributed by atoms with E-state index in [1.807, 2.05) is 13.0 Å². The summed E-state index contributed by atoms with van der Waals surface area (Å²) in [5.74, 6) is -0.842. The lowest BCUT2D eigenvalue weighted by Gasteiger charge is -2.50. The molecule has 1 unspecified atom stereocenters. The van der Waals surface area contributed by atoms with Gasteiger partial charge < -0.3 is 14.4 Å². The maximum absolute atomic E-state index is 14.0. The van der Waals surface area contributed by atoms with Crippen LogP contribution in [0.2, 0.25) is 0 Å². The molecule has 182 valence electrons. The van der Waals surface area contributed by atoms with Crippen LogP contribution in [0, 0.1) is 28.6 Å². The van der Waals surface area contributed by atoms with Gasteiger partial charge in [-0.1, -0.05) is 19.1 Å². The fourth-order valence-electron chi connectivity index (χ4n) is 4.99. The topological polar surface area (TPSA) is 89.6 Å². The normalized spacial score (nSPS) is 20.7. The molecule has 35 heavy (non-hydrogen) atoms. The number of halogens is 3. The van der Waals surface area contributed by atoms with Crippen LogP contribution in [-0.2, 0) is 4.74 Å². The number of carbonyl (C=O) groups is 1. The number of benzene rings is 2. The summed E-state index contributed by atoms with van der Waals surface area (Å²) in [4.78, 5) is 17.1. The van der Waals surface area contributed by atoms with Crippen LogP contribution in [0.1, 0.15) is 37.4 Å². The monoisotopic (exact) mass is 484 g/mol. The average Bonchev–Trinajstić information content (AvgIpc) is 3.08. The number of nitriles is 2. The molecule has 0 saturated carbocycles. The van der Waals surface area contributed by atoms with E-state index in [4.69, 9.17) is 10.00 Å². The fourth-order valence-corrected chi connectivity index (χ4v) is 4.99. The summed E-state index contributed by atoms with van der Waals surface area (Å²) in [5.41, 5.74) is 0.422. The van der Waals surface area contributed by atoms with Crippen LogP contribution in [0.15, 0.2) is 48.5 Å². The molecule has 2 amide bonds. The molecule has 3 atom stereocenters. The Morgan fingerprint density at radius 1 is 1.20 bits per heavy atom. The van der Waals surface area contributed by atoms with E-state index in [-0.39, 0.29) is 19.2 Å². The van der Waals surface area contributed by atoms with E-state index in [0.717, 1.165) is 0 Å². The van der Waals surface area contributed by atoms with Gasteiger partial charge in [-0.15, -0.1) is 13.2 Å². The zero-order chi connectivity index (χ0) is 25.4. The van der Waals surface area contributed by atoms with E-state index in [9.17, 15) is 23.2 Å². The Morgan fingerprint density at radius 3 is 2.40 bits per heavy atom. The van der Waals surface area contributed by atoms with Crippen LogP contribution < -0.4 is 9.64 Å². The third-order valence-corrected chi connectivity index (χ3v) is 6.64. The SMILES string of the molecule is CC[C@H](C#N)C(C)N1C(=O)N(c2ccc(C#N)cc2)[C@H](c2cccc(OC(F)(F)F)c2)C12COC2. The summed E-state index contributed by atoms with van der Waals surface area (Å²) in [6.45, 7) is 3.99. The maximum atomic E-state index is 14.0. The van der Waals surface area contributed by atoms with Crippen molar-refractivity contribution in [3.8, 4) is 17.9 Å². The highest BCUT2D eigenvalue weighted by molar-refractivity contribution is 5.97. The second-order valence-corrected chi connectivity index (χ2v) is 8.68. The van der Waals surface area contributed by atoms with E-state index in [0.29, 0.717) is 23.2 Å². The standard InChI is InChI=1S/C25H23F3N4O3/c1-3-18(13-30)16(2)32-23(33)31(20-9-7-17(12-29)8-10-20)22(24(32)14-34-15-24)19-5-4-6-21(11-19)35-25(26,27)28/h4-11,16,18,22H,3,14-15H2,1-2H3/t16?,18-,22-/m1/s1. The number of ether oxygens (including phenoxy) is 2. The minimum absolute atomic E-state index is 0.159. The van der Waals surface area contributed by atoms with Crippen molar-refractivity contribution in [3.05, 3.63) is 59.7 Å². The second kappa shape index (κ2) is 9.12. The van der Waals surface area contributed by atoms with Gasteiger partial charge in [0.25, 0.3) is 0 Å². The molecule has 7 nitrogen and oxygen atoms in total. The molecule has 4 rings (SSSR count). The van der Waals surface area contributed by atoms with Gasteiger partial charge in [0.05, 0.1) is 42.9 Å². The van der Waals surface area contributed by atoms with E-state index in [1.165, 1.54) is 23.1 Å². The first-order valence-corrected chi connectivity index (χ1v) is 11.1. The van der Waals surface area contributed by atoms with E-state index < -0.39 is 35.7 Å². The first-order chi connectivity index (χ1) is 16.6. The highest BCUT2D eigenvalue weighted by atomic mass is 19.4. The van der Waals surface area contributed by atoms with Crippen molar-refractivity contribution in [2.45, 2.75) is 44.3 Å². The van der Waals surface area contributed by atoms with Gasteiger partial charge in [0.1, 0.15) is 11.3 Å². The van der Waals surface area contributed by atoms with Crippen LogP contribution in [0.25, 0.3) is 0 Å². The zero-order valence-electron chi connectivity index (χ0n) is 19.1. The first kappa shape index (κ1) is 24.4. The Morgan fingerprint density at radius 2 is 1.89 bits per heavy atom. The van der Waals surface area contributed by atoms with Gasteiger partial charge in [0.15, 0.2) is 0 Å². The van der Waals surface area contributed by atoms with Crippen LogP contribution in [-0.4, -0.2) is 42.1 Å². The van der Waals surface area contributed by atoms with Crippen LogP contribution in [0.3, 0.4) is 0 Å². The molecule has 0 N–H and O–H groups in total. The summed E-state index contributed by atoms with van der Waals surface area (Å²) < 4.78 is 48.5. The van der Waals surface area contributed by atoms with Crippen molar-refractivity contribution >= 4 is 11.7 Å². The van der Waals surface area contributed by atoms with Crippen molar-refractivity contribution in [3.63, 3.8) is 0 Å². The molecule has 2 aromatic rings. The van der Waals surface area contributed by atoms with Gasteiger partial charge in [0.2, 0.25) is 0 Å². The van der Waals surface area contributed by atoms with Gasteiger partial charge in [-0.3, -0.25) is 4.90 Å². The number of alkyl halides is 3. The third kappa shape index (κ3) is 4.26. The molecule has 2 aromatic carbocycles. The predicted octanol–water partition coefficient (Wildman–Crippen LogP) is 5.15. The minimum Gasteiger partial charge on any atom is -0.406 e. The highest BCUT2D eigenvalue weighted by Gasteiger charge is 2.64. The lowest BCUT2D eigenvalue weighted by molar-refractivity contribution is -0.274. The average molecular weight is 484 g/mol. The number of hydrogen-bond donors (Lipinski definition) is 0. The summed E-state index contributed by atoms with van der Waals surface area (Å²) in [6, 6.07) is 14.7. The quantitative estimate of drug-likeness (QED) is 0.566. The number of amides is 2. The number of carbonyl (C=O) groups excluding carboxylic acids is 1. The van der Waals surface area contributed by atoms with Crippen LogP contribution in [0.5, 0.6) is 5.75 Å². The molecule has 2 heterocycles. The molecule has 1 spiro atoms. The largest absolute Gasteiger partial charge is 0.573 e. The van der Waals surface area contributed by atoms with Crippen LogP contribution >= 0.6 is 0 Å². The molecule has 2 saturated heterocycles. The minimum atomic E-state index is -4.87. The van der Waals surface area contributed by atoms with Gasteiger partial charge in [-0.25, -0.2) is 4.79 Å². The Bertz CT molecular complexity index is 1180. The first-order valence-electron chi connectivity index (χ1n) is 11.1. The number of rotatable bonds is 6. The highest BCUT2D eigenvalue weighted by Crippen LogP contribution is 2.51. The maximum Gasteiger partial charge on any atom is 0.573 e. The number of anilines is 1. The summed E-state index contributed by atoms with van der Waals surface area (Å²) in [7, 11) is 0. The summed E-state index contributed by atoms with van der Waals surface area (Å²) in [6.07, 6.45) is -4.34. The van der Waals surface area contributed by atoms with Crippen molar-refractivity contribution in [2.24, 2.45) is 5.92 Å². The number of nitrogens with zero attached hydrogens (tertiary/aromatic N) is 4. The Hall–Kier alpha value is -3.76. The summed E-state index contributed by atoms with van der Waals surface area (Å²) >= 11 is 0. The molecule has 0 radical (unpaired) electrons. The Kier molecular flexibility index (Phi) is 6.35. The third-order valence-electron chi connectivity index (χ3n) is 6.64. The van der Waals surface area contributed by atoms with Crippen LogP contribution in [0.4, 0.5) is 23.7 Å². The lowest BCUT2D eigenvalue weighted by Crippen LogP contribution is -2.65. The van der Waals surface area contributed by atoms with Gasteiger partial charge in [-0.05, 0) is 55.3 Å². The Balaban J connectivity index is 1.86. The molecule has 0 aliphatic carbocycles. The van der Waals surface area contributed by atoms with Gasteiger partial charge in [0, 0.05) is 11.7 Å². The number of urea groups is 1. The van der Waals surface area contributed by atoms with Crippen molar-refractivity contribution in [2.75, 3.05) is 18.1 Å². The molecule has 0 bridgehead atoms. The van der Waals surface area contributed by atoms with E-state index in [1.54, 1.807) is 42.2 Å². The summed E-state index contributed by atoms with van der Waals surface area (Å²) in [5, 5.41) is 18.9. The molecule has 2 aliphatic rings. The predicted molar refractivity (Wildman–Crippen MR) is 119 cm³/mol. The molecule has 2 fully saturated rings. The smallest absolute Gasteiger partial charge is 0.406 e. The molecule has 0 aromatic heterocycles. The molecule has 2 aliphatic heterocycles. The molecular formula is C25H23F3N4O3. The van der Waals surface area contributed by atoms with E-state index in [2.05, 4.69) is 10.8 Å². The molecular weight excluding hydrogens is 461 g/mol. The van der Waals surface area contributed by atoms with Gasteiger partial charge in [-0.2, -0.15) is 10.5 Å². The van der Waals surface area contributed by atoms with E-state index >= 15 is 0 Å². The Labute approximate surface area is 200 Å². The van der Waals surface area contributed by atoms with Crippen molar-refractivity contribution in [1.82, 2.24) is 4.90 Å². The van der Waals surface area contributed by atoms with Crippen molar-refractivity contribution < 1.29 is 27.4 Å². The van der Waals surface area contributed by atoms with Crippen molar-refractivity contribution in [1.29, 1.82) is 10.5 Å².